The van der Waals surface area contributed by atoms with Gasteiger partial charge in [-0.15, -0.1) is 0 Å². The fourth-order valence-corrected chi connectivity index (χ4v) is 8.35. The molecule has 3 radical (unpaired) electrons. The lowest BCUT2D eigenvalue weighted by Crippen LogP contribution is -2.45. The van der Waals surface area contributed by atoms with Crippen LogP contribution >= 0.6 is 0 Å². The third kappa shape index (κ3) is 3.54. The van der Waals surface area contributed by atoms with Crippen molar-refractivity contribution in [3.05, 3.63) is 18.9 Å². The minimum absolute atomic E-state index is 0.494. The van der Waals surface area contributed by atoms with Crippen molar-refractivity contribution in [3.63, 3.8) is 0 Å². The second-order valence-electron chi connectivity index (χ2n) is 5.09. The molecule has 0 aliphatic rings. The van der Waals surface area contributed by atoms with Gasteiger partial charge >= 0.3 is 6.43 Å². The predicted octanol–water partition coefficient (Wildman–Crippen LogP) is 5.04. The predicted molar refractivity (Wildman–Crippen MR) is 65.1 cm³/mol. The van der Waals surface area contributed by atoms with E-state index in [2.05, 4.69) is 41.5 Å². The van der Waals surface area contributed by atoms with E-state index in [1.54, 1.807) is 0 Å². The molecule has 0 unspecified atom stereocenters. The first-order valence-corrected chi connectivity index (χ1v) is 7.93. The van der Waals surface area contributed by atoms with E-state index in [4.69, 9.17) is 0 Å². The van der Waals surface area contributed by atoms with Crippen molar-refractivity contribution in [2.24, 2.45) is 0 Å². The first-order chi connectivity index (χ1) is 6.75. The highest BCUT2D eigenvalue weighted by molar-refractivity contribution is 6.87. The van der Waals surface area contributed by atoms with E-state index in [9.17, 15) is 8.78 Å². The summed E-state index contributed by atoms with van der Waals surface area (Å²) in [5.74, 6) is 0. The summed E-state index contributed by atoms with van der Waals surface area (Å²) >= 11 is 0. The van der Waals surface area contributed by atoms with Crippen LogP contribution in [0.15, 0.2) is 0 Å². The second-order valence-corrected chi connectivity index (χ2v) is 10.9. The lowest BCUT2D eigenvalue weighted by atomic mass is 10.5. The Kier molecular flexibility index (Phi) is 6.00. The number of halogens is 2. The Balaban J connectivity index is 4.80. The molecule has 0 aromatic rings. The molecule has 0 fully saturated rings. The smallest absolute Gasteiger partial charge is 0.200 e. The summed E-state index contributed by atoms with van der Waals surface area (Å²) in [5.41, 5.74) is 1.48. The zero-order valence-corrected chi connectivity index (χ0v) is 11.6. The van der Waals surface area contributed by atoms with E-state index in [0.29, 0.717) is 16.6 Å². The van der Waals surface area contributed by atoms with Crippen LogP contribution in [0.1, 0.15) is 41.5 Å². The third-order valence-corrected chi connectivity index (χ3v) is 10.2. The lowest BCUT2D eigenvalue weighted by molar-refractivity contribution is 0.319. The maximum Gasteiger partial charge on any atom is 0.313 e. The Morgan fingerprint density at radius 2 is 1.20 bits per heavy atom. The van der Waals surface area contributed by atoms with Gasteiger partial charge in [0.1, 0.15) is 0 Å². The van der Waals surface area contributed by atoms with Crippen LogP contribution in [0.4, 0.5) is 8.78 Å². The first kappa shape index (κ1) is 15.1. The maximum atomic E-state index is 12.2. The van der Waals surface area contributed by atoms with Gasteiger partial charge in [0.05, 0.1) is 8.07 Å². The van der Waals surface area contributed by atoms with Gasteiger partial charge in [0.15, 0.2) is 0 Å². The fraction of sp³-hybridized carbons (Fsp3) is 0.750. The van der Waals surface area contributed by atoms with Crippen LogP contribution in [0.25, 0.3) is 0 Å². The average molecular weight is 233 g/mol. The molecule has 0 aromatic carbocycles. The van der Waals surface area contributed by atoms with Crippen LogP contribution in [0.5, 0.6) is 0 Å². The van der Waals surface area contributed by atoms with Crippen molar-refractivity contribution in [1.29, 1.82) is 0 Å². The van der Waals surface area contributed by atoms with Crippen molar-refractivity contribution >= 4 is 8.07 Å². The summed E-state index contributed by atoms with van der Waals surface area (Å²) in [4.78, 5) is 0. The van der Waals surface area contributed by atoms with Crippen LogP contribution in [-0.2, 0) is 0 Å². The van der Waals surface area contributed by atoms with Gasteiger partial charge < -0.3 is 0 Å². The van der Waals surface area contributed by atoms with E-state index in [1.165, 1.54) is 0 Å². The minimum Gasteiger partial charge on any atom is -0.200 e. The molecular formula is C12H23F2Si. The van der Waals surface area contributed by atoms with Gasteiger partial charge in [0.2, 0.25) is 0 Å². The van der Waals surface area contributed by atoms with Crippen molar-refractivity contribution in [3.8, 4) is 0 Å². The summed E-state index contributed by atoms with van der Waals surface area (Å²) < 4.78 is 24.4. The van der Waals surface area contributed by atoms with E-state index < -0.39 is 14.5 Å². The topological polar surface area (TPSA) is 0 Å². The largest absolute Gasteiger partial charge is 0.313 e. The van der Waals surface area contributed by atoms with Gasteiger partial charge in [0, 0.05) is 6.42 Å². The third-order valence-electron chi connectivity index (χ3n) is 3.50. The molecule has 0 aliphatic carbocycles. The van der Waals surface area contributed by atoms with E-state index in [1.807, 2.05) is 6.04 Å². The zero-order chi connectivity index (χ0) is 12.2. The van der Waals surface area contributed by atoms with Crippen molar-refractivity contribution in [1.82, 2.24) is 0 Å². The highest BCUT2D eigenvalue weighted by Crippen LogP contribution is 2.44. The molecule has 0 spiro atoms. The summed E-state index contributed by atoms with van der Waals surface area (Å²) in [6.45, 7) is 13.0. The fourth-order valence-electron chi connectivity index (χ4n) is 2.78. The molecule has 0 heterocycles. The molecule has 89 valence electrons. The van der Waals surface area contributed by atoms with Crippen LogP contribution in [0.2, 0.25) is 16.6 Å². The van der Waals surface area contributed by atoms with Gasteiger partial charge in [-0.3, -0.25) is 0 Å². The molecule has 0 amide bonds. The molecule has 0 N–H and O–H groups in total. The lowest BCUT2D eigenvalue weighted by Gasteiger charge is -2.43. The Bertz CT molecular complexity index is 155. The van der Waals surface area contributed by atoms with Gasteiger partial charge in [-0.2, -0.15) is 8.78 Å². The quantitative estimate of drug-likeness (QED) is 0.564. The van der Waals surface area contributed by atoms with Crippen LogP contribution in [-0.4, -0.2) is 8.07 Å². The Morgan fingerprint density at radius 3 is 1.40 bits per heavy atom. The van der Waals surface area contributed by atoms with Crippen LogP contribution in [0, 0.1) is 18.9 Å². The van der Waals surface area contributed by atoms with Crippen molar-refractivity contribution < 1.29 is 8.78 Å². The molecule has 0 aliphatic heterocycles. The highest BCUT2D eigenvalue weighted by atomic mass is 28.3. The first-order valence-electron chi connectivity index (χ1n) is 5.62. The molecule has 3 heteroatoms. The van der Waals surface area contributed by atoms with Gasteiger partial charge in [-0.1, -0.05) is 58.2 Å². The second kappa shape index (κ2) is 5.97. The van der Waals surface area contributed by atoms with Crippen LogP contribution in [0.3, 0.4) is 0 Å². The summed E-state index contributed by atoms with van der Waals surface area (Å²) in [5, 5.41) is 0. The minimum atomic E-state index is -1.77. The van der Waals surface area contributed by atoms with E-state index in [0.717, 1.165) is 6.42 Å². The van der Waals surface area contributed by atoms with Crippen LogP contribution < -0.4 is 0 Å². The normalized spacial score (nSPS) is 13.6. The van der Waals surface area contributed by atoms with Gasteiger partial charge in [0.25, 0.3) is 0 Å². The molecule has 0 aromatic heterocycles. The number of hydrogen-bond acceptors (Lipinski definition) is 0. The van der Waals surface area contributed by atoms with Gasteiger partial charge in [-0.05, 0) is 6.04 Å². The summed E-state index contributed by atoms with van der Waals surface area (Å²) in [7, 11) is -1.77. The molecule has 15 heavy (non-hydrogen) atoms. The summed E-state index contributed by atoms with van der Waals surface area (Å²) in [6, 6.07) is 1.84. The highest BCUT2D eigenvalue weighted by Gasteiger charge is 2.42. The Labute approximate surface area is 94.5 Å². The zero-order valence-electron chi connectivity index (χ0n) is 10.6. The SMILES string of the molecule is CC(C)[Si]([CH][CH][C](F)F)(C(C)C)C(C)C. The Morgan fingerprint density at radius 1 is 0.867 bits per heavy atom. The molecular weight excluding hydrogens is 210 g/mol. The molecule has 0 nitrogen and oxygen atoms in total. The monoisotopic (exact) mass is 233 g/mol. The average Bonchev–Trinajstić information content (AvgIpc) is 2.02. The van der Waals surface area contributed by atoms with Gasteiger partial charge in [-0.25, -0.2) is 0 Å². The van der Waals surface area contributed by atoms with E-state index in [-0.39, 0.29) is 0 Å². The maximum absolute atomic E-state index is 12.2. The molecule has 0 saturated heterocycles. The molecule has 0 saturated carbocycles. The van der Waals surface area contributed by atoms with Crippen molar-refractivity contribution in [2.75, 3.05) is 0 Å². The number of rotatable bonds is 6. The molecule has 0 rings (SSSR count). The van der Waals surface area contributed by atoms with E-state index >= 15 is 0 Å². The molecule has 0 bridgehead atoms. The standard InChI is InChI=1S/C12H23F2Si/c1-9(2)15(10(3)4,11(5)6)8-7-12(13)14/h7-11H,1-6H3. The number of hydrogen-bond donors (Lipinski definition) is 0. The summed E-state index contributed by atoms with van der Waals surface area (Å²) in [6.07, 6.45) is -0.555. The Hall–Kier alpha value is 0.0769. The van der Waals surface area contributed by atoms with Crippen molar-refractivity contribution in [2.45, 2.75) is 58.2 Å². The molecule has 0 atom stereocenters.